The van der Waals surface area contributed by atoms with Crippen LogP contribution in [0.3, 0.4) is 0 Å². The van der Waals surface area contributed by atoms with Crippen LogP contribution in [0.2, 0.25) is 0 Å². The summed E-state index contributed by atoms with van der Waals surface area (Å²) in [5.41, 5.74) is 7.58. The van der Waals surface area contributed by atoms with E-state index in [0.717, 1.165) is 24.5 Å². The average Bonchev–Trinajstić information content (AvgIpc) is 3.56. The summed E-state index contributed by atoms with van der Waals surface area (Å²) >= 11 is 0. The first-order chi connectivity index (χ1) is 14.4. The topological polar surface area (TPSA) is 82.3 Å². The molecule has 4 rings (SSSR count). The van der Waals surface area contributed by atoms with E-state index in [1.807, 2.05) is 6.07 Å². The second kappa shape index (κ2) is 8.50. The normalized spacial score (nSPS) is 21.3. The highest BCUT2D eigenvalue weighted by atomic mass is 19.1. The van der Waals surface area contributed by atoms with E-state index < -0.39 is 17.7 Å². The number of benzene rings is 1. The minimum absolute atomic E-state index is 0.00157. The molecule has 0 bridgehead atoms. The van der Waals surface area contributed by atoms with Crippen LogP contribution in [0, 0.1) is 17.6 Å². The van der Waals surface area contributed by atoms with Crippen molar-refractivity contribution in [3.05, 3.63) is 64.5 Å². The van der Waals surface area contributed by atoms with Gasteiger partial charge in [0.05, 0.1) is 5.69 Å². The molecule has 2 aromatic rings. The van der Waals surface area contributed by atoms with Gasteiger partial charge < -0.3 is 10.5 Å². The fraction of sp³-hybridized carbons (Fsp3) is 0.435. The summed E-state index contributed by atoms with van der Waals surface area (Å²) in [7, 11) is 0. The van der Waals surface area contributed by atoms with Gasteiger partial charge in [-0.2, -0.15) is 0 Å². The minimum Gasteiger partial charge on any atom is -0.443 e. The number of ketones is 1. The number of nitrogens with two attached hydrogens (primary N) is 1. The second-order valence-electron chi connectivity index (χ2n) is 8.24. The fourth-order valence-electron chi connectivity index (χ4n) is 4.35. The van der Waals surface area contributed by atoms with Crippen molar-refractivity contribution in [2.45, 2.75) is 57.0 Å². The first kappa shape index (κ1) is 20.4. The van der Waals surface area contributed by atoms with Crippen LogP contribution in [0.25, 0.3) is 0 Å². The monoisotopic (exact) mass is 414 g/mol. The van der Waals surface area contributed by atoms with Crippen molar-refractivity contribution < 1.29 is 23.1 Å². The van der Waals surface area contributed by atoms with E-state index in [9.17, 15) is 18.4 Å². The molecule has 0 unspecified atom stereocenters. The third-order valence-corrected chi connectivity index (χ3v) is 6.05. The molecular weight excluding hydrogens is 390 g/mol. The van der Waals surface area contributed by atoms with Crippen LogP contribution in [0.15, 0.2) is 30.3 Å². The molecule has 2 N–H and O–H groups in total. The van der Waals surface area contributed by atoms with Crippen LogP contribution in [0.5, 0.6) is 0 Å². The van der Waals surface area contributed by atoms with Crippen LogP contribution >= 0.6 is 0 Å². The van der Waals surface area contributed by atoms with Crippen molar-refractivity contribution in [1.29, 1.82) is 0 Å². The highest BCUT2D eigenvalue weighted by Gasteiger charge is 2.34. The van der Waals surface area contributed by atoms with E-state index in [1.165, 1.54) is 12.1 Å². The molecule has 7 heteroatoms. The third kappa shape index (κ3) is 4.66. The molecule has 0 spiro atoms. The van der Waals surface area contributed by atoms with Gasteiger partial charge in [-0.1, -0.05) is 6.07 Å². The highest BCUT2D eigenvalue weighted by molar-refractivity contribution is 5.97. The van der Waals surface area contributed by atoms with Crippen molar-refractivity contribution in [2.24, 2.45) is 11.7 Å². The molecule has 1 heterocycles. The Bertz CT molecular complexity index is 947. The maximum atomic E-state index is 13.5. The first-order valence-corrected chi connectivity index (χ1v) is 10.3. The number of aromatic nitrogens is 1. The Labute approximate surface area is 173 Å². The number of Topliss-reactive ketones (excluding diaryl/α,β-unsaturated/α-hetero) is 1. The molecular formula is C23H24F2N2O3. The van der Waals surface area contributed by atoms with Crippen molar-refractivity contribution in [3.63, 3.8) is 0 Å². The van der Waals surface area contributed by atoms with Gasteiger partial charge in [0.2, 0.25) is 0 Å². The van der Waals surface area contributed by atoms with Crippen molar-refractivity contribution in [2.75, 3.05) is 0 Å². The van der Waals surface area contributed by atoms with Gasteiger partial charge in [0.25, 0.3) is 0 Å². The summed E-state index contributed by atoms with van der Waals surface area (Å²) < 4.78 is 31.9. The predicted molar refractivity (Wildman–Crippen MR) is 106 cm³/mol. The molecule has 0 saturated heterocycles. The zero-order valence-electron chi connectivity index (χ0n) is 16.6. The molecule has 1 aromatic heterocycles. The lowest BCUT2D eigenvalue weighted by Gasteiger charge is -2.28. The molecule has 5 nitrogen and oxygen atoms in total. The molecule has 2 saturated carbocycles. The average molecular weight is 414 g/mol. The summed E-state index contributed by atoms with van der Waals surface area (Å²) in [5, 5.41) is 0. The van der Waals surface area contributed by atoms with Crippen molar-refractivity contribution in [1.82, 2.24) is 4.98 Å². The van der Waals surface area contributed by atoms with E-state index in [1.54, 1.807) is 6.07 Å². The standard InChI is InChI=1S/C23H24F2N2O3/c24-17-9-16(10-18(25)11-17)13-1-5-15(6-2-13)22(28)21-20(14-3-4-14)8-7-19(27-21)12-30-23(26)29/h7-11,13-15H,1-6,12H2,(H2,26,29). The lowest BCUT2D eigenvalue weighted by Crippen LogP contribution is -2.24. The molecule has 1 aromatic carbocycles. The Hall–Kier alpha value is -2.83. The predicted octanol–water partition coefficient (Wildman–Crippen LogP) is 4.99. The number of pyridine rings is 1. The lowest BCUT2D eigenvalue weighted by atomic mass is 9.76. The first-order valence-electron chi connectivity index (χ1n) is 10.3. The largest absolute Gasteiger partial charge is 0.443 e. The van der Waals surface area contributed by atoms with Crippen LogP contribution in [0.1, 0.15) is 77.7 Å². The van der Waals surface area contributed by atoms with Crippen molar-refractivity contribution >= 4 is 11.9 Å². The Morgan fingerprint density at radius 1 is 0.967 bits per heavy atom. The molecule has 2 fully saturated rings. The van der Waals surface area contributed by atoms with Gasteiger partial charge in [0.1, 0.15) is 23.9 Å². The Balaban J connectivity index is 1.48. The number of hydrogen-bond donors (Lipinski definition) is 1. The molecule has 2 aliphatic carbocycles. The number of carbonyl (C=O) groups is 2. The van der Waals surface area contributed by atoms with Crippen LogP contribution in [-0.2, 0) is 11.3 Å². The van der Waals surface area contributed by atoms with Gasteiger partial charge in [-0.25, -0.2) is 18.6 Å². The maximum Gasteiger partial charge on any atom is 0.404 e. The van der Waals surface area contributed by atoms with Gasteiger partial charge in [-0.05, 0) is 79.7 Å². The van der Waals surface area contributed by atoms with E-state index >= 15 is 0 Å². The molecule has 158 valence electrons. The van der Waals surface area contributed by atoms with Crippen LogP contribution in [-0.4, -0.2) is 16.9 Å². The summed E-state index contributed by atoms with van der Waals surface area (Å²) in [4.78, 5) is 28.7. The van der Waals surface area contributed by atoms with E-state index in [-0.39, 0.29) is 24.2 Å². The minimum atomic E-state index is -0.886. The van der Waals surface area contributed by atoms with Crippen molar-refractivity contribution in [3.8, 4) is 0 Å². The van der Waals surface area contributed by atoms with Gasteiger partial charge in [0.15, 0.2) is 5.78 Å². The quantitative estimate of drug-likeness (QED) is 0.675. The number of hydrogen-bond acceptors (Lipinski definition) is 4. The Kier molecular flexibility index (Phi) is 5.79. The second-order valence-corrected chi connectivity index (χ2v) is 8.24. The lowest BCUT2D eigenvalue weighted by molar-refractivity contribution is 0.0876. The number of primary amides is 1. The Morgan fingerprint density at radius 3 is 2.20 bits per heavy atom. The number of nitrogens with zero attached hydrogens (tertiary/aromatic N) is 1. The third-order valence-electron chi connectivity index (χ3n) is 6.05. The maximum absolute atomic E-state index is 13.5. The van der Waals surface area contributed by atoms with E-state index in [4.69, 9.17) is 10.5 Å². The summed E-state index contributed by atoms with van der Waals surface area (Å²) in [6, 6.07) is 7.30. The highest BCUT2D eigenvalue weighted by Crippen LogP contribution is 2.43. The zero-order valence-corrected chi connectivity index (χ0v) is 16.6. The summed E-state index contributed by atoms with van der Waals surface area (Å²) in [6.07, 6.45) is 3.88. The molecule has 1 amide bonds. The SMILES string of the molecule is NC(=O)OCc1ccc(C2CC2)c(C(=O)C2CCC(c3cc(F)cc(F)c3)CC2)n1. The molecule has 30 heavy (non-hydrogen) atoms. The van der Waals surface area contributed by atoms with Gasteiger partial charge >= 0.3 is 6.09 Å². The number of carbonyl (C=O) groups excluding carboxylic acids is 2. The van der Waals surface area contributed by atoms with Gasteiger partial charge in [-0.15, -0.1) is 0 Å². The van der Waals surface area contributed by atoms with Crippen LogP contribution in [0.4, 0.5) is 13.6 Å². The summed E-state index contributed by atoms with van der Waals surface area (Å²) in [5.74, 6) is -0.911. The number of amides is 1. The van der Waals surface area contributed by atoms with Crippen LogP contribution < -0.4 is 5.73 Å². The van der Waals surface area contributed by atoms with E-state index in [2.05, 4.69) is 4.98 Å². The van der Waals surface area contributed by atoms with E-state index in [0.29, 0.717) is 48.6 Å². The molecule has 0 radical (unpaired) electrons. The zero-order chi connectivity index (χ0) is 21.3. The number of halogens is 2. The summed E-state index contributed by atoms with van der Waals surface area (Å²) in [6.45, 7) is -0.0710. The molecule has 0 atom stereocenters. The number of ether oxygens (including phenoxy) is 1. The molecule has 2 aliphatic rings. The van der Waals surface area contributed by atoms with Gasteiger partial charge in [0, 0.05) is 12.0 Å². The van der Waals surface area contributed by atoms with Gasteiger partial charge in [-0.3, -0.25) is 4.79 Å². The fourth-order valence-corrected chi connectivity index (χ4v) is 4.35. The smallest absolute Gasteiger partial charge is 0.404 e. The number of rotatable bonds is 6. The molecule has 0 aliphatic heterocycles. The Morgan fingerprint density at radius 2 is 1.60 bits per heavy atom.